The van der Waals surface area contributed by atoms with E-state index in [2.05, 4.69) is 32.0 Å². The van der Waals surface area contributed by atoms with E-state index in [9.17, 15) is 0 Å². The van der Waals surface area contributed by atoms with Crippen LogP contribution in [0.5, 0.6) is 0 Å². The van der Waals surface area contributed by atoms with Gasteiger partial charge >= 0.3 is 0 Å². The van der Waals surface area contributed by atoms with E-state index in [-0.39, 0.29) is 32.7 Å². The van der Waals surface area contributed by atoms with Crippen molar-refractivity contribution < 1.29 is 32.7 Å². The van der Waals surface area contributed by atoms with Crippen molar-refractivity contribution in [3.8, 4) is 0 Å². The SMILES string of the molecule is Cc1[c-]cc(C)cc1.[CH2-]C.[Y]. The summed E-state index contributed by atoms with van der Waals surface area (Å²) in [5.74, 6) is 0. The summed E-state index contributed by atoms with van der Waals surface area (Å²) in [7, 11) is 0. The first-order chi connectivity index (χ1) is 4.79. The minimum Gasteiger partial charge on any atom is -0.346 e. The topological polar surface area (TPSA) is 0 Å². The van der Waals surface area contributed by atoms with Crippen LogP contribution in [0.2, 0.25) is 0 Å². The van der Waals surface area contributed by atoms with Gasteiger partial charge in [-0.1, -0.05) is 13.8 Å². The van der Waals surface area contributed by atoms with Crippen LogP contribution in [0.1, 0.15) is 18.1 Å². The summed E-state index contributed by atoms with van der Waals surface area (Å²) in [5, 5.41) is 0. The van der Waals surface area contributed by atoms with Crippen LogP contribution < -0.4 is 0 Å². The van der Waals surface area contributed by atoms with Crippen molar-refractivity contribution in [2.75, 3.05) is 0 Å². The first-order valence-corrected chi connectivity index (χ1v) is 3.45. The van der Waals surface area contributed by atoms with Gasteiger partial charge in [-0.15, -0.1) is 0 Å². The monoisotopic (exact) mass is 223 g/mol. The molecule has 0 aliphatic heterocycles. The molecule has 1 aromatic carbocycles. The third-order valence-corrected chi connectivity index (χ3v) is 1.12. The van der Waals surface area contributed by atoms with Gasteiger partial charge in [-0.2, -0.15) is 42.3 Å². The van der Waals surface area contributed by atoms with Gasteiger partial charge in [0.25, 0.3) is 0 Å². The second-order valence-corrected chi connectivity index (χ2v) is 2.05. The van der Waals surface area contributed by atoms with Crippen LogP contribution in [0, 0.1) is 26.8 Å². The van der Waals surface area contributed by atoms with E-state index < -0.39 is 0 Å². The number of rotatable bonds is 0. The molecule has 0 bridgehead atoms. The molecule has 1 heteroatoms. The molecule has 59 valence electrons. The summed E-state index contributed by atoms with van der Waals surface area (Å²) in [4.78, 5) is 0. The maximum absolute atomic E-state index is 3.25. The van der Waals surface area contributed by atoms with Crippen LogP contribution in [0.4, 0.5) is 0 Å². The van der Waals surface area contributed by atoms with Crippen LogP contribution in [0.25, 0.3) is 0 Å². The molecule has 0 heterocycles. The van der Waals surface area contributed by atoms with Crippen molar-refractivity contribution in [3.05, 3.63) is 42.3 Å². The number of benzene rings is 1. The van der Waals surface area contributed by atoms with Gasteiger partial charge in [0.2, 0.25) is 0 Å². The molecule has 0 amide bonds. The molecule has 1 rings (SSSR count). The molecular weight excluding hydrogens is 209 g/mol. The Hall–Kier alpha value is 0.324. The third kappa shape index (κ3) is 6.71. The fourth-order valence-corrected chi connectivity index (χ4v) is 0.580. The summed E-state index contributed by atoms with van der Waals surface area (Å²) in [5.41, 5.74) is 2.48. The molecule has 11 heavy (non-hydrogen) atoms. The van der Waals surface area contributed by atoms with Gasteiger partial charge in [-0.25, -0.2) is 0 Å². The normalized spacial score (nSPS) is 7.27. The molecular formula is C10H14Y-2. The largest absolute Gasteiger partial charge is 0.346 e. The first kappa shape index (κ1) is 13.9. The second kappa shape index (κ2) is 8.42. The van der Waals surface area contributed by atoms with Gasteiger partial charge < -0.3 is 6.92 Å². The van der Waals surface area contributed by atoms with E-state index in [1.54, 1.807) is 6.92 Å². The minimum atomic E-state index is 0. The average Bonchev–Trinajstić information content (AvgIpc) is 2.00. The van der Waals surface area contributed by atoms with Crippen molar-refractivity contribution >= 4 is 0 Å². The van der Waals surface area contributed by atoms with E-state index in [4.69, 9.17) is 0 Å². The van der Waals surface area contributed by atoms with Crippen LogP contribution in [0.3, 0.4) is 0 Å². The molecule has 0 nitrogen and oxygen atoms in total. The van der Waals surface area contributed by atoms with Gasteiger partial charge in [0.05, 0.1) is 0 Å². The van der Waals surface area contributed by atoms with Crippen molar-refractivity contribution in [1.82, 2.24) is 0 Å². The predicted octanol–water partition coefficient (Wildman–Crippen LogP) is 2.94. The van der Waals surface area contributed by atoms with Crippen LogP contribution in [0.15, 0.2) is 18.2 Å². The second-order valence-electron chi connectivity index (χ2n) is 2.05. The van der Waals surface area contributed by atoms with E-state index in [1.807, 2.05) is 13.0 Å². The Morgan fingerprint density at radius 2 is 1.73 bits per heavy atom. The minimum absolute atomic E-state index is 0. The van der Waals surface area contributed by atoms with E-state index in [1.165, 1.54) is 11.1 Å². The van der Waals surface area contributed by atoms with Crippen LogP contribution in [-0.4, -0.2) is 0 Å². The summed E-state index contributed by atoms with van der Waals surface area (Å²) < 4.78 is 0. The Morgan fingerprint density at radius 3 is 2.00 bits per heavy atom. The van der Waals surface area contributed by atoms with E-state index >= 15 is 0 Å². The zero-order valence-electron chi connectivity index (χ0n) is 7.52. The van der Waals surface area contributed by atoms with Gasteiger partial charge in [0.15, 0.2) is 0 Å². The molecule has 0 N–H and O–H groups in total. The maximum Gasteiger partial charge on any atom is 0 e. The first-order valence-electron chi connectivity index (χ1n) is 3.45. The van der Waals surface area contributed by atoms with Gasteiger partial charge in [-0.3, -0.25) is 0 Å². The van der Waals surface area contributed by atoms with Crippen molar-refractivity contribution in [2.24, 2.45) is 0 Å². The fourth-order valence-electron chi connectivity index (χ4n) is 0.580. The summed E-state index contributed by atoms with van der Waals surface area (Å²) >= 11 is 0. The zero-order valence-corrected chi connectivity index (χ0v) is 10.4. The summed E-state index contributed by atoms with van der Waals surface area (Å²) in [6, 6.07) is 9.25. The standard InChI is InChI=1S/C8H9.C2H5.Y/c1-7-3-5-8(2)6-4-7;1-2;/h3-5H,1-2H3;1H2,2H3;/q2*-1;. The van der Waals surface area contributed by atoms with E-state index in [0.717, 1.165) is 0 Å². The molecule has 0 saturated carbocycles. The van der Waals surface area contributed by atoms with Gasteiger partial charge in [0, 0.05) is 32.7 Å². The molecule has 1 aromatic rings. The Kier molecular flexibility index (Phi) is 10.6. The molecule has 0 spiro atoms. The quantitative estimate of drug-likeness (QED) is 0.593. The van der Waals surface area contributed by atoms with Gasteiger partial charge in [0.1, 0.15) is 0 Å². The number of aryl methyl sites for hydroxylation is 2. The molecule has 0 aliphatic rings. The Labute approximate surface area is 95.3 Å². The summed E-state index contributed by atoms with van der Waals surface area (Å²) in [6.07, 6.45) is 0. The predicted molar refractivity (Wildman–Crippen MR) is 45.8 cm³/mol. The zero-order chi connectivity index (χ0) is 7.98. The molecule has 0 atom stereocenters. The summed E-state index contributed by atoms with van der Waals surface area (Å²) in [6.45, 7) is 9.11. The number of hydrogen-bond donors (Lipinski definition) is 0. The third-order valence-electron chi connectivity index (χ3n) is 1.12. The Balaban J connectivity index is 0. The molecule has 0 aliphatic carbocycles. The van der Waals surface area contributed by atoms with Crippen molar-refractivity contribution in [2.45, 2.75) is 20.8 Å². The van der Waals surface area contributed by atoms with E-state index in [0.29, 0.717) is 0 Å². The van der Waals surface area contributed by atoms with Crippen molar-refractivity contribution in [3.63, 3.8) is 0 Å². The molecule has 0 fully saturated rings. The maximum atomic E-state index is 3.25. The molecule has 0 saturated heterocycles. The van der Waals surface area contributed by atoms with Crippen LogP contribution in [-0.2, 0) is 32.7 Å². The van der Waals surface area contributed by atoms with Crippen molar-refractivity contribution in [1.29, 1.82) is 0 Å². The smallest absolute Gasteiger partial charge is 0 e. The Morgan fingerprint density at radius 1 is 1.18 bits per heavy atom. The van der Waals surface area contributed by atoms with Gasteiger partial charge in [-0.05, 0) is 0 Å². The molecule has 0 unspecified atom stereocenters. The molecule has 1 radical (unpaired) electrons. The van der Waals surface area contributed by atoms with Crippen LogP contribution >= 0.6 is 0 Å². The Bertz CT molecular complexity index is 144. The average molecular weight is 223 g/mol. The fraction of sp³-hybridized carbons (Fsp3) is 0.300. The number of hydrogen-bond acceptors (Lipinski definition) is 0. The molecule has 0 aromatic heterocycles.